The third-order valence-corrected chi connectivity index (χ3v) is 4.20. The van der Waals surface area contributed by atoms with Gasteiger partial charge in [-0.05, 0) is 41.7 Å². The van der Waals surface area contributed by atoms with Gasteiger partial charge in [0.05, 0.1) is 6.61 Å². The van der Waals surface area contributed by atoms with Crippen molar-refractivity contribution in [2.75, 3.05) is 13.7 Å². The number of rotatable bonds is 4. The normalized spacial score (nSPS) is 22.2. The summed E-state index contributed by atoms with van der Waals surface area (Å²) in [6.45, 7) is 10.6. The van der Waals surface area contributed by atoms with E-state index in [0.29, 0.717) is 0 Å². The molecule has 0 saturated carbocycles. The SMILES string of the molecule is CCOC(=O)C=CC(=O)OC1CC(C)(C)N(C)C(C)(C)C1. The van der Waals surface area contributed by atoms with E-state index in [1.165, 1.54) is 0 Å². The molecule has 0 unspecified atom stereocenters. The molecule has 21 heavy (non-hydrogen) atoms. The first-order valence-corrected chi connectivity index (χ1v) is 7.38. The van der Waals surface area contributed by atoms with Crippen molar-refractivity contribution in [1.29, 1.82) is 0 Å². The molecule has 1 heterocycles. The maximum Gasteiger partial charge on any atom is 0.331 e. The van der Waals surface area contributed by atoms with E-state index in [-0.39, 0.29) is 23.8 Å². The summed E-state index contributed by atoms with van der Waals surface area (Å²) in [5, 5.41) is 0. The van der Waals surface area contributed by atoms with Crippen molar-refractivity contribution in [2.24, 2.45) is 0 Å². The first-order valence-electron chi connectivity index (χ1n) is 7.38. The van der Waals surface area contributed by atoms with Crippen LogP contribution in [0, 0.1) is 0 Å². The lowest BCUT2D eigenvalue weighted by Gasteiger charge is -2.53. The summed E-state index contributed by atoms with van der Waals surface area (Å²) in [4.78, 5) is 25.3. The Morgan fingerprint density at radius 2 is 1.57 bits per heavy atom. The van der Waals surface area contributed by atoms with Crippen molar-refractivity contribution in [2.45, 2.75) is 64.6 Å². The molecule has 0 spiro atoms. The first-order chi connectivity index (χ1) is 9.58. The molecule has 0 atom stereocenters. The summed E-state index contributed by atoms with van der Waals surface area (Å²) in [5.41, 5.74) is -0.0882. The molecule has 1 saturated heterocycles. The molecule has 1 rings (SSSR count). The summed E-state index contributed by atoms with van der Waals surface area (Å²) in [5.74, 6) is -1.03. The van der Waals surface area contributed by atoms with Crippen LogP contribution in [0.2, 0.25) is 0 Å². The lowest BCUT2D eigenvalue weighted by atomic mass is 9.79. The van der Waals surface area contributed by atoms with Gasteiger partial charge in [-0.1, -0.05) is 0 Å². The van der Waals surface area contributed by atoms with Crippen LogP contribution in [0.25, 0.3) is 0 Å². The summed E-state index contributed by atoms with van der Waals surface area (Å²) in [7, 11) is 2.10. The Balaban J connectivity index is 2.63. The van der Waals surface area contributed by atoms with Crippen molar-refractivity contribution in [1.82, 2.24) is 4.90 Å². The zero-order valence-corrected chi connectivity index (χ0v) is 13.9. The number of carbonyl (C=O) groups excluding carboxylic acids is 2. The Hall–Kier alpha value is -1.36. The van der Waals surface area contributed by atoms with Crippen molar-refractivity contribution in [3.63, 3.8) is 0 Å². The number of carbonyl (C=O) groups is 2. The predicted octanol–water partition coefficient (Wildman–Crippen LogP) is 2.30. The number of esters is 2. The summed E-state index contributed by atoms with van der Waals surface area (Å²) < 4.78 is 10.2. The number of nitrogens with zero attached hydrogens (tertiary/aromatic N) is 1. The highest BCUT2D eigenvalue weighted by Gasteiger charge is 2.44. The number of likely N-dealkylation sites (tertiary alicyclic amines) is 1. The van der Waals surface area contributed by atoms with Crippen molar-refractivity contribution in [3.8, 4) is 0 Å². The fraction of sp³-hybridized carbons (Fsp3) is 0.750. The minimum Gasteiger partial charge on any atom is -0.463 e. The van der Waals surface area contributed by atoms with Crippen molar-refractivity contribution < 1.29 is 19.1 Å². The van der Waals surface area contributed by atoms with Crippen LogP contribution in [0.3, 0.4) is 0 Å². The summed E-state index contributed by atoms with van der Waals surface area (Å²) in [6, 6.07) is 0. The molecule has 1 aliphatic rings. The Morgan fingerprint density at radius 1 is 1.10 bits per heavy atom. The van der Waals surface area contributed by atoms with E-state index < -0.39 is 11.9 Å². The third kappa shape index (κ3) is 4.84. The average molecular weight is 297 g/mol. The van der Waals surface area contributed by atoms with Gasteiger partial charge >= 0.3 is 11.9 Å². The van der Waals surface area contributed by atoms with E-state index in [9.17, 15) is 9.59 Å². The van der Waals surface area contributed by atoms with Crippen LogP contribution in [0.15, 0.2) is 12.2 Å². The van der Waals surface area contributed by atoms with Crippen LogP contribution >= 0.6 is 0 Å². The summed E-state index contributed by atoms with van der Waals surface area (Å²) in [6.07, 6.45) is 3.64. The zero-order chi connectivity index (χ0) is 16.3. The van der Waals surface area contributed by atoms with Crippen LogP contribution in [-0.2, 0) is 19.1 Å². The average Bonchev–Trinajstić information content (AvgIpc) is 2.33. The molecule has 0 aromatic rings. The van der Waals surface area contributed by atoms with Gasteiger partial charge < -0.3 is 9.47 Å². The number of ether oxygens (including phenoxy) is 2. The minimum atomic E-state index is -0.529. The number of hydrogen-bond donors (Lipinski definition) is 0. The zero-order valence-electron chi connectivity index (χ0n) is 13.9. The molecule has 0 radical (unpaired) electrons. The van der Waals surface area contributed by atoms with Gasteiger partial charge in [-0.25, -0.2) is 9.59 Å². The van der Waals surface area contributed by atoms with E-state index in [1.807, 2.05) is 0 Å². The number of piperidine rings is 1. The van der Waals surface area contributed by atoms with Crippen molar-refractivity contribution in [3.05, 3.63) is 12.2 Å². The van der Waals surface area contributed by atoms with Gasteiger partial charge in [0.1, 0.15) is 6.10 Å². The Labute approximate surface area is 127 Å². The molecule has 0 bridgehead atoms. The molecule has 0 aliphatic carbocycles. The lowest BCUT2D eigenvalue weighted by Crippen LogP contribution is -2.60. The van der Waals surface area contributed by atoms with Crippen LogP contribution in [0.1, 0.15) is 47.5 Å². The predicted molar refractivity (Wildman–Crippen MR) is 80.8 cm³/mol. The standard InChI is InChI=1S/C16H27NO4/c1-7-20-13(18)8-9-14(19)21-12-10-15(2,3)17(6)16(4,5)11-12/h8-9,12H,7,10-11H2,1-6H3. The maximum absolute atomic E-state index is 11.8. The van der Waals surface area contributed by atoms with Crippen LogP contribution in [-0.4, -0.2) is 47.7 Å². The van der Waals surface area contributed by atoms with Gasteiger partial charge in [-0.3, -0.25) is 4.90 Å². The van der Waals surface area contributed by atoms with E-state index in [4.69, 9.17) is 9.47 Å². The molecular weight excluding hydrogens is 270 g/mol. The number of hydrogen-bond acceptors (Lipinski definition) is 5. The molecule has 5 heteroatoms. The maximum atomic E-state index is 11.8. The van der Waals surface area contributed by atoms with E-state index >= 15 is 0 Å². The quantitative estimate of drug-likeness (QED) is 0.588. The molecule has 0 amide bonds. The molecule has 1 fully saturated rings. The molecule has 1 aliphatic heterocycles. The van der Waals surface area contributed by atoms with E-state index in [1.54, 1.807) is 6.92 Å². The minimum absolute atomic E-state index is 0.0441. The summed E-state index contributed by atoms with van der Waals surface area (Å²) >= 11 is 0. The molecule has 5 nitrogen and oxygen atoms in total. The second-order valence-electron chi connectivity index (χ2n) is 6.74. The smallest absolute Gasteiger partial charge is 0.331 e. The van der Waals surface area contributed by atoms with Crippen LogP contribution in [0.5, 0.6) is 0 Å². The third-order valence-electron chi connectivity index (χ3n) is 4.20. The fourth-order valence-electron chi connectivity index (χ4n) is 2.89. The molecule has 0 N–H and O–H groups in total. The largest absolute Gasteiger partial charge is 0.463 e. The Morgan fingerprint density at radius 3 is 2.05 bits per heavy atom. The van der Waals surface area contributed by atoms with Gasteiger partial charge in [0.2, 0.25) is 0 Å². The lowest BCUT2D eigenvalue weighted by molar-refractivity contribution is -0.153. The van der Waals surface area contributed by atoms with Gasteiger partial charge in [-0.2, -0.15) is 0 Å². The van der Waals surface area contributed by atoms with Crippen LogP contribution < -0.4 is 0 Å². The molecular formula is C16H27NO4. The van der Waals surface area contributed by atoms with E-state index in [2.05, 4.69) is 39.6 Å². The highest BCUT2D eigenvalue weighted by Crippen LogP contribution is 2.38. The molecule has 120 valence electrons. The van der Waals surface area contributed by atoms with Gasteiger partial charge in [-0.15, -0.1) is 0 Å². The monoisotopic (exact) mass is 297 g/mol. The second kappa shape index (κ2) is 6.60. The highest BCUT2D eigenvalue weighted by atomic mass is 16.5. The Bertz CT molecular complexity index is 408. The van der Waals surface area contributed by atoms with Crippen LogP contribution in [0.4, 0.5) is 0 Å². The van der Waals surface area contributed by atoms with E-state index in [0.717, 1.165) is 25.0 Å². The molecule has 0 aromatic heterocycles. The fourth-order valence-corrected chi connectivity index (χ4v) is 2.89. The van der Waals surface area contributed by atoms with Gasteiger partial charge in [0.25, 0.3) is 0 Å². The topological polar surface area (TPSA) is 55.8 Å². The Kier molecular flexibility index (Phi) is 5.56. The first kappa shape index (κ1) is 17.7. The van der Waals surface area contributed by atoms with Gasteiger partial charge in [0.15, 0.2) is 0 Å². The second-order valence-corrected chi connectivity index (χ2v) is 6.74. The van der Waals surface area contributed by atoms with Crippen molar-refractivity contribution >= 4 is 11.9 Å². The van der Waals surface area contributed by atoms with Gasteiger partial charge in [0, 0.05) is 36.1 Å². The molecule has 0 aromatic carbocycles. The highest BCUT2D eigenvalue weighted by molar-refractivity contribution is 5.91.